The van der Waals surface area contributed by atoms with Gasteiger partial charge in [-0.15, -0.1) is 0 Å². The first-order valence-electron chi connectivity index (χ1n) is 9.71. The van der Waals surface area contributed by atoms with Gasteiger partial charge < -0.3 is 15.0 Å². The van der Waals surface area contributed by atoms with Crippen LogP contribution in [0.5, 0.6) is 0 Å². The van der Waals surface area contributed by atoms with Crippen LogP contribution in [0.4, 0.5) is 0 Å². The molecule has 2 aromatic rings. The second-order valence-electron chi connectivity index (χ2n) is 7.39. The molecule has 1 atom stereocenters. The molecule has 156 valence electrons. The molecule has 1 saturated heterocycles. The molecule has 1 amide bonds. The van der Waals surface area contributed by atoms with Gasteiger partial charge in [-0.1, -0.05) is 36.4 Å². The van der Waals surface area contributed by atoms with Crippen LogP contribution in [0.3, 0.4) is 0 Å². The number of likely N-dealkylation sites (N-methyl/N-ethyl adjacent to an activating group) is 1. The minimum atomic E-state index is -3.65. The smallest absolute Gasteiger partial charge is 0.252 e. The van der Waals surface area contributed by atoms with Crippen molar-refractivity contribution in [2.75, 3.05) is 46.9 Å². The molecule has 0 saturated carbocycles. The van der Waals surface area contributed by atoms with Crippen LogP contribution in [0.2, 0.25) is 0 Å². The van der Waals surface area contributed by atoms with Gasteiger partial charge in [0.15, 0.2) is 0 Å². The predicted octanol–water partition coefficient (Wildman–Crippen LogP) is 0.323. The third-order valence-electron chi connectivity index (χ3n) is 4.82. The number of carbonyl (C=O) groups is 1. The summed E-state index contributed by atoms with van der Waals surface area (Å²) in [5.41, 5.74) is 1.34. The van der Waals surface area contributed by atoms with Gasteiger partial charge in [-0.25, -0.2) is 8.42 Å². The van der Waals surface area contributed by atoms with Crippen LogP contribution >= 0.6 is 0 Å². The van der Waals surface area contributed by atoms with Crippen LogP contribution in [0, 0.1) is 0 Å². The van der Waals surface area contributed by atoms with Gasteiger partial charge in [0.25, 0.3) is 5.91 Å². The largest absolute Gasteiger partial charge is 0.379 e. The lowest BCUT2D eigenvalue weighted by atomic mass is 10.1. The van der Waals surface area contributed by atoms with Crippen molar-refractivity contribution in [3.63, 3.8) is 0 Å². The molecule has 0 aromatic heterocycles. The normalized spacial score (nSPS) is 16.5. The van der Waals surface area contributed by atoms with Crippen LogP contribution < -0.4 is 10.2 Å². The molecule has 7 nitrogen and oxygen atoms in total. The second kappa shape index (κ2) is 9.49. The molecule has 0 aliphatic carbocycles. The minimum Gasteiger partial charge on any atom is -0.379 e. The van der Waals surface area contributed by atoms with Gasteiger partial charge in [0.05, 0.1) is 32.2 Å². The molecule has 0 radical (unpaired) electrons. The van der Waals surface area contributed by atoms with Gasteiger partial charge in [0, 0.05) is 18.7 Å². The van der Waals surface area contributed by atoms with Crippen molar-refractivity contribution in [1.29, 1.82) is 0 Å². The van der Waals surface area contributed by atoms with E-state index >= 15 is 0 Å². The van der Waals surface area contributed by atoms with E-state index < -0.39 is 10.0 Å². The molecule has 0 spiro atoms. The first kappa shape index (κ1) is 21.4. The highest BCUT2D eigenvalue weighted by atomic mass is 32.2. The van der Waals surface area contributed by atoms with Crippen LogP contribution in [0.1, 0.15) is 22.0 Å². The molecule has 29 heavy (non-hydrogen) atoms. The number of quaternary nitrogens is 1. The van der Waals surface area contributed by atoms with E-state index in [1.165, 1.54) is 21.3 Å². The van der Waals surface area contributed by atoms with Crippen molar-refractivity contribution in [3.8, 4) is 0 Å². The summed E-state index contributed by atoms with van der Waals surface area (Å²) in [4.78, 5) is 14.2. The highest BCUT2D eigenvalue weighted by Crippen LogP contribution is 2.19. The fourth-order valence-electron chi connectivity index (χ4n) is 3.32. The van der Waals surface area contributed by atoms with Gasteiger partial charge in [0.2, 0.25) is 10.0 Å². The van der Waals surface area contributed by atoms with Crippen molar-refractivity contribution in [2.45, 2.75) is 10.9 Å². The maximum Gasteiger partial charge on any atom is 0.252 e. The topological polar surface area (TPSA) is 80.2 Å². The summed E-state index contributed by atoms with van der Waals surface area (Å²) < 4.78 is 32.4. The zero-order chi connectivity index (χ0) is 20.9. The molecule has 2 N–H and O–H groups in total. The molecule has 3 rings (SSSR count). The van der Waals surface area contributed by atoms with Gasteiger partial charge in [-0.05, 0) is 23.8 Å². The number of benzene rings is 2. The molecular weight excluding hydrogens is 390 g/mol. The van der Waals surface area contributed by atoms with E-state index in [4.69, 9.17) is 4.74 Å². The van der Waals surface area contributed by atoms with E-state index in [0.29, 0.717) is 38.4 Å². The van der Waals surface area contributed by atoms with Crippen LogP contribution in [-0.4, -0.2) is 65.6 Å². The quantitative estimate of drug-likeness (QED) is 0.679. The van der Waals surface area contributed by atoms with Crippen LogP contribution in [-0.2, 0) is 14.8 Å². The lowest BCUT2D eigenvalue weighted by Gasteiger charge is -2.26. The van der Waals surface area contributed by atoms with Crippen molar-refractivity contribution >= 4 is 15.9 Å². The van der Waals surface area contributed by atoms with Crippen molar-refractivity contribution < 1.29 is 22.8 Å². The number of morpholine rings is 1. The Bertz CT molecular complexity index is 926. The number of ether oxygens (including phenoxy) is 1. The molecule has 1 aliphatic rings. The average Bonchev–Trinajstić information content (AvgIpc) is 2.74. The number of hydrogen-bond donors (Lipinski definition) is 2. The third-order valence-corrected chi connectivity index (χ3v) is 6.72. The first-order chi connectivity index (χ1) is 13.9. The zero-order valence-corrected chi connectivity index (χ0v) is 17.6. The number of nitrogens with one attached hydrogen (secondary N) is 2. The summed E-state index contributed by atoms with van der Waals surface area (Å²) in [5, 5.41) is 3.05. The lowest BCUT2D eigenvalue weighted by molar-refractivity contribution is -0.860. The number of amides is 1. The molecule has 1 aliphatic heterocycles. The summed E-state index contributed by atoms with van der Waals surface area (Å²) in [6.45, 7) is 2.11. The van der Waals surface area contributed by atoms with Crippen LogP contribution in [0.15, 0.2) is 59.5 Å². The zero-order valence-electron chi connectivity index (χ0n) is 16.8. The van der Waals surface area contributed by atoms with E-state index in [-0.39, 0.29) is 16.8 Å². The Morgan fingerprint density at radius 1 is 1.10 bits per heavy atom. The number of rotatable bonds is 7. The van der Waals surface area contributed by atoms with E-state index in [2.05, 4.69) is 5.32 Å². The maximum absolute atomic E-state index is 12.9. The van der Waals surface area contributed by atoms with Crippen molar-refractivity contribution in [1.82, 2.24) is 9.62 Å². The fourth-order valence-corrected chi connectivity index (χ4v) is 4.78. The first-order valence-corrected chi connectivity index (χ1v) is 11.1. The number of sulfonamides is 1. The highest BCUT2D eigenvalue weighted by molar-refractivity contribution is 7.89. The summed E-state index contributed by atoms with van der Waals surface area (Å²) in [7, 11) is 0.402. The minimum absolute atomic E-state index is 0.126. The van der Waals surface area contributed by atoms with Crippen molar-refractivity contribution in [2.24, 2.45) is 0 Å². The van der Waals surface area contributed by atoms with Crippen molar-refractivity contribution in [3.05, 3.63) is 65.7 Å². The number of nitrogens with zero attached hydrogens (tertiary/aromatic N) is 1. The summed E-state index contributed by atoms with van der Waals surface area (Å²) >= 11 is 0. The Morgan fingerprint density at radius 2 is 1.79 bits per heavy atom. The van der Waals surface area contributed by atoms with Crippen LogP contribution in [0.25, 0.3) is 0 Å². The van der Waals surface area contributed by atoms with E-state index in [1.807, 2.05) is 44.4 Å². The predicted molar refractivity (Wildman–Crippen MR) is 110 cm³/mol. The monoisotopic (exact) mass is 418 g/mol. The summed E-state index contributed by atoms with van der Waals surface area (Å²) in [6, 6.07) is 15.8. The van der Waals surface area contributed by atoms with E-state index in [0.717, 1.165) is 5.56 Å². The molecule has 0 unspecified atom stereocenters. The van der Waals surface area contributed by atoms with E-state index in [1.54, 1.807) is 12.1 Å². The van der Waals surface area contributed by atoms with Gasteiger partial charge >= 0.3 is 0 Å². The highest BCUT2D eigenvalue weighted by Gasteiger charge is 2.27. The second-order valence-corrected chi connectivity index (χ2v) is 9.33. The number of hydrogen-bond acceptors (Lipinski definition) is 4. The van der Waals surface area contributed by atoms with Gasteiger partial charge in [0.1, 0.15) is 12.6 Å². The van der Waals surface area contributed by atoms with E-state index in [9.17, 15) is 13.2 Å². The Kier molecular flexibility index (Phi) is 7.02. The Balaban J connectivity index is 1.81. The molecule has 0 bridgehead atoms. The van der Waals surface area contributed by atoms with Gasteiger partial charge in [-0.2, -0.15) is 4.31 Å². The Hall–Kier alpha value is -2.26. The lowest BCUT2D eigenvalue weighted by Crippen LogP contribution is -3.06. The molecule has 1 fully saturated rings. The standard InChI is InChI=1S/C21H27N3O4S/c1-23(2)16-20(17-7-4-3-5-8-17)22-21(25)18-9-6-10-19(15-18)29(26,27)24-11-13-28-14-12-24/h3-10,15,20H,11-14,16H2,1-2H3,(H,22,25)/p+1/t20-/m0/s1. The molecule has 2 aromatic carbocycles. The molecule has 1 heterocycles. The Morgan fingerprint density at radius 3 is 2.45 bits per heavy atom. The molecule has 8 heteroatoms. The SMILES string of the molecule is C[NH+](C)C[C@H](NC(=O)c1cccc(S(=O)(=O)N2CCOCC2)c1)c1ccccc1. The number of carbonyl (C=O) groups excluding carboxylic acids is 1. The van der Waals surface area contributed by atoms with Gasteiger partial charge in [-0.3, -0.25) is 4.79 Å². The molecular formula is C21H28N3O4S+. The maximum atomic E-state index is 12.9. The Labute approximate surface area is 172 Å². The average molecular weight is 419 g/mol. The fraction of sp³-hybridized carbons (Fsp3) is 0.381. The third kappa shape index (κ3) is 5.42. The summed E-state index contributed by atoms with van der Waals surface area (Å²) in [5.74, 6) is -0.292. The summed E-state index contributed by atoms with van der Waals surface area (Å²) in [6.07, 6.45) is 0.